The fraction of sp³-hybridized carbons (Fsp3) is 0.625. The number of benzene rings is 1. The predicted molar refractivity (Wildman–Crippen MR) is 79.5 cm³/mol. The van der Waals surface area contributed by atoms with Crippen LogP contribution in [0.3, 0.4) is 0 Å². The first-order valence-corrected chi connectivity index (χ1v) is 7.42. The van der Waals surface area contributed by atoms with E-state index in [0.29, 0.717) is 6.04 Å². The Kier molecular flexibility index (Phi) is 5.83. The van der Waals surface area contributed by atoms with Crippen LogP contribution in [0.15, 0.2) is 24.3 Å². The first-order valence-electron chi connectivity index (χ1n) is 7.42. The van der Waals surface area contributed by atoms with Crippen LogP contribution >= 0.6 is 0 Å². The Bertz CT molecular complexity index is 358. The highest BCUT2D eigenvalue weighted by molar-refractivity contribution is 5.24. The second kappa shape index (κ2) is 7.63. The van der Waals surface area contributed by atoms with E-state index in [9.17, 15) is 0 Å². The lowest BCUT2D eigenvalue weighted by Crippen LogP contribution is -2.40. The zero-order valence-electron chi connectivity index (χ0n) is 12.2. The van der Waals surface area contributed by atoms with Crippen LogP contribution in [-0.4, -0.2) is 44.3 Å². The van der Waals surface area contributed by atoms with Crippen LogP contribution in [0.1, 0.15) is 31.0 Å². The minimum absolute atomic E-state index is 0.423. The van der Waals surface area contributed by atoms with Crippen molar-refractivity contribution in [3.8, 4) is 0 Å². The van der Waals surface area contributed by atoms with Gasteiger partial charge < -0.3 is 10.1 Å². The Morgan fingerprint density at radius 1 is 1.21 bits per heavy atom. The minimum atomic E-state index is 0.423. The van der Waals surface area contributed by atoms with Crippen LogP contribution in [0.4, 0.5) is 0 Å². The lowest BCUT2D eigenvalue weighted by Gasteiger charge is -2.27. The number of hydrogen-bond donors (Lipinski definition) is 1. The fourth-order valence-corrected chi connectivity index (χ4v) is 2.42. The fourth-order valence-electron chi connectivity index (χ4n) is 2.42. The molecule has 1 fully saturated rings. The molecular weight excluding hydrogens is 236 g/mol. The summed E-state index contributed by atoms with van der Waals surface area (Å²) in [4.78, 5) is 2.46. The van der Waals surface area contributed by atoms with Crippen molar-refractivity contribution in [1.82, 2.24) is 10.2 Å². The van der Waals surface area contributed by atoms with Gasteiger partial charge in [-0.2, -0.15) is 0 Å². The summed E-state index contributed by atoms with van der Waals surface area (Å²) in [5.74, 6) is 0. The molecule has 1 aliphatic heterocycles. The largest absolute Gasteiger partial charge is 0.379 e. The molecule has 3 nitrogen and oxygen atoms in total. The number of nitrogens with zero attached hydrogens (tertiary/aromatic N) is 1. The van der Waals surface area contributed by atoms with Crippen LogP contribution in [0.2, 0.25) is 0 Å². The van der Waals surface area contributed by atoms with E-state index < -0.39 is 0 Å². The second-order valence-corrected chi connectivity index (χ2v) is 5.22. The van der Waals surface area contributed by atoms with Crippen LogP contribution in [0, 0.1) is 0 Å². The van der Waals surface area contributed by atoms with Gasteiger partial charge in [0, 0.05) is 32.2 Å². The molecule has 0 bridgehead atoms. The van der Waals surface area contributed by atoms with Gasteiger partial charge in [-0.05, 0) is 24.5 Å². The van der Waals surface area contributed by atoms with Gasteiger partial charge in [0.15, 0.2) is 0 Å². The molecule has 1 aromatic rings. The molecule has 1 heterocycles. The molecule has 1 unspecified atom stereocenters. The third-order valence-corrected chi connectivity index (χ3v) is 3.87. The smallest absolute Gasteiger partial charge is 0.0594 e. The van der Waals surface area contributed by atoms with Crippen molar-refractivity contribution in [1.29, 1.82) is 0 Å². The van der Waals surface area contributed by atoms with Gasteiger partial charge in [-0.15, -0.1) is 0 Å². The molecule has 0 aliphatic carbocycles. The zero-order valence-corrected chi connectivity index (χ0v) is 12.2. The third kappa shape index (κ3) is 4.60. The van der Waals surface area contributed by atoms with Crippen molar-refractivity contribution in [2.24, 2.45) is 0 Å². The van der Waals surface area contributed by atoms with Crippen LogP contribution in [-0.2, 0) is 11.2 Å². The predicted octanol–water partition coefficient (Wildman–Crippen LogP) is 2.23. The standard InChI is InChI=1S/C16H26N2O/c1-3-15-4-6-16(7-5-15)14(2)17-8-9-18-10-12-19-13-11-18/h4-7,14,17H,3,8-13H2,1-2H3. The topological polar surface area (TPSA) is 24.5 Å². The molecule has 1 N–H and O–H groups in total. The van der Waals surface area contributed by atoms with Crippen LogP contribution < -0.4 is 5.32 Å². The average molecular weight is 262 g/mol. The van der Waals surface area contributed by atoms with Gasteiger partial charge in [0.1, 0.15) is 0 Å². The van der Waals surface area contributed by atoms with E-state index >= 15 is 0 Å². The van der Waals surface area contributed by atoms with Gasteiger partial charge in [-0.25, -0.2) is 0 Å². The molecule has 19 heavy (non-hydrogen) atoms. The van der Waals surface area contributed by atoms with Crippen molar-refractivity contribution < 1.29 is 4.74 Å². The number of morpholine rings is 1. The van der Waals surface area contributed by atoms with E-state index in [0.717, 1.165) is 45.8 Å². The van der Waals surface area contributed by atoms with E-state index in [1.54, 1.807) is 0 Å². The molecule has 0 radical (unpaired) electrons. The first-order chi connectivity index (χ1) is 9.29. The summed E-state index contributed by atoms with van der Waals surface area (Å²) in [5.41, 5.74) is 2.78. The SMILES string of the molecule is CCc1ccc(C(C)NCCN2CCOCC2)cc1. The van der Waals surface area contributed by atoms with Gasteiger partial charge in [0.25, 0.3) is 0 Å². The molecule has 1 aromatic carbocycles. The first kappa shape index (κ1) is 14.5. The maximum absolute atomic E-state index is 5.36. The number of aryl methyl sites for hydroxylation is 1. The number of nitrogens with one attached hydrogen (secondary N) is 1. The molecule has 0 saturated carbocycles. The summed E-state index contributed by atoms with van der Waals surface area (Å²) < 4.78 is 5.36. The summed E-state index contributed by atoms with van der Waals surface area (Å²) >= 11 is 0. The minimum Gasteiger partial charge on any atom is -0.379 e. The van der Waals surface area contributed by atoms with Crippen LogP contribution in [0.25, 0.3) is 0 Å². The lowest BCUT2D eigenvalue weighted by atomic mass is 10.1. The van der Waals surface area contributed by atoms with Gasteiger partial charge >= 0.3 is 0 Å². The van der Waals surface area contributed by atoms with Crippen LogP contribution in [0.5, 0.6) is 0 Å². The normalized spacial score (nSPS) is 18.4. The third-order valence-electron chi connectivity index (χ3n) is 3.87. The lowest BCUT2D eigenvalue weighted by molar-refractivity contribution is 0.0382. The Labute approximate surface area is 116 Å². The van der Waals surface area contributed by atoms with Crippen molar-refractivity contribution in [2.45, 2.75) is 26.3 Å². The van der Waals surface area contributed by atoms with E-state index in [1.807, 2.05) is 0 Å². The Balaban J connectivity index is 1.72. The van der Waals surface area contributed by atoms with Crippen molar-refractivity contribution in [2.75, 3.05) is 39.4 Å². The molecule has 0 spiro atoms. The summed E-state index contributed by atoms with van der Waals surface area (Å²) in [7, 11) is 0. The second-order valence-electron chi connectivity index (χ2n) is 5.22. The summed E-state index contributed by atoms with van der Waals surface area (Å²) in [6, 6.07) is 9.37. The molecule has 0 aromatic heterocycles. The summed E-state index contributed by atoms with van der Waals surface area (Å²) in [6.45, 7) is 10.5. The van der Waals surface area contributed by atoms with Crippen molar-refractivity contribution in [3.63, 3.8) is 0 Å². The quantitative estimate of drug-likeness (QED) is 0.851. The number of ether oxygens (including phenoxy) is 1. The summed E-state index contributed by atoms with van der Waals surface area (Å²) in [6.07, 6.45) is 1.11. The van der Waals surface area contributed by atoms with Crippen molar-refractivity contribution in [3.05, 3.63) is 35.4 Å². The Hall–Kier alpha value is -0.900. The number of hydrogen-bond acceptors (Lipinski definition) is 3. The highest BCUT2D eigenvalue weighted by Gasteiger charge is 2.10. The van der Waals surface area contributed by atoms with E-state index in [1.165, 1.54) is 11.1 Å². The zero-order chi connectivity index (χ0) is 13.5. The Morgan fingerprint density at radius 2 is 1.89 bits per heavy atom. The molecule has 1 aliphatic rings. The highest BCUT2D eigenvalue weighted by atomic mass is 16.5. The van der Waals surface area contributed by atoms with E-state index in [2.05, 4.69) is 48.3 Å². The highest BCUT2D eigenvalue weighted by Crippen LogP contribution is 2.13. The molecule has 1 saturated heterocycles. The van der Waals surface area contributed by atoms with Gasteiger partial charge in [0.2, 0.25) is 0 Å². The van der Waals surface area contributed by atoms with Gasteiger partial charge in [-0.3, -0.25) is 4.90 Å². The van der Waals surface area contributed by atoms with E-state index in [4.69, 9.17) is 4.74 Å². The maximum atomic E-state index is 5.36. The molecule has 0 amide bonds. The molecule has 3 heteroatoms. The molecular formula is C16H26N2O. The van der Waals surface area contributed by atoms with Gasteiger partial charge in [0.05, 0.1) is 13.2 Å². The average Bonchev–Trinajstić information content (AvgIpc) is 2.48. The van der Waals surface area contributed by atoms with Crippen molar-refractivity contribution >= 4 is 0 Å². The summed E-state index contributed by atoms with van der Waals surface area (Å²) in [5, 5.41) is 3.60. The monoisotopic (exact) mass is 262 g/mol. The number of rotatable bonds is 6. The Morgan fingerprint density at radius 3 is 2.53 bits per heavy atom. The van der Waals surface area contributed by atoms with E-state index in [-0.39, 0.29) is 0 Å². The molecule has 2 rings (SSSR count). The van der Waals surface area contributed by atoms with Gasteiger partial charge in [-0.1, -0.05) is 31.2 Å². The molecule has 106 valence electrons. The molecule has 1 atom stereocenters. The maximum Gasteiger partial charge on any atom is 0.0594 e.